The molecule has 0 aromatic heterocycles. The summed E-state index contributed by atoms with van der Waals surface area (Å²) in [5.41, 5.74) is 1.50. The first kappa shape index (κ1) is 15.5. The first-order valence-electron chi connectivity index (χ1n) is 6.61. The Morgan fingerprint density at radius 1 is 1.09 bits per heavy atom. The highest BCUT2D eigenvalue weighted by atomic mass is 35.5. The summed E-state index contributed by atoms with van der Waals surface area (Å²) in [4.78, 5) is 0.108. The minimum absolute atomic E-state index is 0.108. The van der Waals surface area contributed by atoms with Gasteiger partial charge in [0.05, 0.1) is 27.2 Å². The van der Waals surface area contributed by atoms with Gasteiger partial charge in [-0.15, -0.1) is 0 Å². The maximum atomic E-state index is 12.9. The molecule has 0 spiro atoms. The van der Waals surface area contributed by atoms with E-state index in [9.17, 15) is 8.42 Å². The summed E-state index contributed by atoms with van der Waals surface area (Å²) in [6, 6.07) is 9.76. The van der Waals surface area contributed by atoms with Crippen LogP contribution in [0.1, 0.15) is 5.56 Å². The molecular weight excluding hydrogens is 345 g/mol. The van der Waals surface area contributed by atoms with Crippen LogP contribution in [0.5, 0.6) is 5.75 Å². The van der Waals surface area contributed by atoms with Crippen LogP contribution in [0.3, 0.4) is 0 Å². The Bertz CT molecular complexity index is 837. The predicted octanol–water partition coefficient (Wildman–Crippen LogP) is 3.89. The van der Waals surface area contributed by atoms with Gasteiger partial charge in [-0.3, -0.25) is 4.31 Å². The number of benzene rings is 2. The fourth-order valence-electron chi connectivity index (χ4n) is 2.32. The van der Waals surface area contributed by atoms with Crippen LogP contribution in [-0.4, -0.2) is 21.6 Å². The molecule has 0 saturated carbocycles. The van der Waals surface area contributed by atoms with Gasteiger partial charge in [-0.05, 0) is 42.8 Å². The summed E-state index contributed by atoms with van der Waals surface area (Å²) >= 11 is 11.8. The number of rotatable bonds is 2. The first-order chi connectivity index (χ1) is 10.4. The second kappa shape index (κ2) is 5.65. The van der Waals surface area contributed by atoms with Gasteiger partial charge in [0, 0.05) is 0 Å². The van der Waals surface area contributed by atoms with Crippen LogP contribution in [0.4, 0.5) is 5.69 Å². The van der Waals surface area contributed by atoms with Gasteiger partial charge in [-0.25, -0.2) is 8.42 Å². The van der Waals surface area contributed by atoms with Gasteiger partial charge in [0.15, 0.2) is 0 Å². The zero-order valence-electron chi connectivity index (χ0n) is 11.7. The Morgan fingerprint density at radius 2 is 1.86 bits per heavy atom. The van der Waals surface area contributed by atoms with Crippen molar-refractivity contribution in [1.29, 1.82) is 0 Å². The normalized spacial score (nSPS) is 14.4. The molecule has 0 aliphatic carbocycles. The number of sulfonamides is 1. The van der Waals surface area contributed by atoms with Gasteiger partial charge in [0.1, 0.15) is 12.4 Å². The molecule has 0 atom stereocenters. The standard InChI is InChI=1S/C15H13Cl2NO3S/c1-10-2-5-15-14(8-10)18(6-7-21-15)22(19,20)11-3-4-12(16)13(17)9-11/h2-5,8-9H,6-7H2,1H3. The second-order valence-electron chi connectivity index (χ2n) is 4.97. The maximum absolute atomic E-state index is 12.9. The predicted molar refractivity (Wildman–Crippen MR) is 87.7 cm³/mol. The van der Waals surface area contributed by atoms with E-state index in [4.69, 9.17) is 27.9 Å². The Hall–Kier alpha value is -1.43. The van der Waals surface area contributed by atoms with E-state index < -0.39 is 10.0 Å². The monoisotopic (exact) mass is 357 g/mol. The molecule has 116 valence electrons. The lowest BCUT2D eigenvalue weighted by atomic mass is 10.2. The lowest BCUT2D eigenvalue weighted by Gasteiger charge is -2.30. The van der Waals surface area contributed by atoms with Gasteiger partial charge in [-0.1, -0.05) is 29.3 Å². The van der Waals surface area contributed by atoms with Crippen LogP contribution in [-0.2, 0) is 10.0 Å². The van der Waals surface area contributed by atoms with Gasteiger partial charge in [0.2, 0.25) is 0 Å². The van der Waals surface area contributed by atoms with E-state index in [1.54, 1.807) is 12.1 Å². The van der Waals surface area contributed by atoms with Crippen molar-refractivity contribution in [1.82, 2.24) is 0 Å². The first-order valence-corrected chi connectivity index (χ1v) is 8.80. The van der Waals surface area contributed by atoms with Crippen LogP contribution in [0.25, 0.3) is 0 Å². The quantitative estimate of drug-likeness (QED) is 0.818. The summed E-state index contributed by atoms with van der Waals surface area (Å²) < 4.78 is 32.7. The van der Waals surface area contributed by atoms with Gasteiger partial charge in [0.25, 0.3) is 10.0 Å². The molecule has 7 heteroatoms. The fraction of sp³-hybridized carbons (Fsp3) is 0.200. The molecule has 0 bridgehead atoms. The Balaban J connectivity index is 2.11. The zero-order chi connectivity index (χ0) is 15.9. The van der Waals surface area contributed by atoms with Crippen molar-refractivity contribution in [2.75, 3.05) is 17.5 Å². The van der Waals surface area contributed by atoms with E-state index in [0.29, 0.717) is 23.1 Å². The average Bonchev–Trinajstić information content (AvgIpc) is 2.49. The number of ether oxygens (including phenoxy) is 1. The molecule has 1 aliphatic heterocycles. The van der Waals surface area contributed by atoms with Crippen molar-refractivity contribution in [3.63, 3.8) is 0 Å². The molecule has 0 unspecified atom stereocenters. The maximum Gasteiger partial charge on any atom is 0.264 e. The van der Waals surface area contributed by atoms with E-state index >= 15 is 0 Å². The van der Waals surface area contributed by atoms with Gasteiger partial charge < -0.3 is 4.74 Å². The summed E-state index contributed by atoms with van der Waals surface area (Å²) in [6.45, 7) is 2.45. The summed E-state index contributed by atoms with van der Waals surface area (Å²) in [7, 11) is -3.72. The number of halogens is 2. The highest BCUT2D eigenvalue weighted by Crippen LogP contribution is 2.36. The Kier molecular flexibility index (Phi) is 3.97. The summed E-state index contributed by atoms with van der Waals surface area (Å²) in [5, 5.41) is 0.527. The van der Waals surface area contributed by atoms with Crippen LogP contribution >= 0.6 is 23.2 Å². The number of hydrogen-bond acceptors (Lipinski definition) is 3. The smallest absolute Gasteiger partial charge is 0.264 e. The van der Waals surface area contributed by atoms with Gasteiger partial charge >= 0.3 is 0 Å². The third-order valence-corrected chi connectivity index (χ3v) is 5.96. The van der Waals surface area contributed by atoms with E-state index in [1.807, 2.05) is 13.0 Å². The minimum Gasteiger partial charge on any atom is -0.489 e. The topological polar surface area (TPSA) is 46.6 Å². The van der Waals surface area contributed by atoms with E-state index in [0.717, 1.165) is 5.56 Å². The number of fused-ring (bicyclic) bond motifs is 1. The number of aryl methyl sites for hydroxylation is 1. The highest BCUT2D eigenvalue weighted by molar-refractivity contribution is 7.92. The molecule has 2 aromatic rings. The van der Waals surface area contributed by atoms with E-state index in [2.05, 4.69) is 0 Å². The largest absolute Gasteiger partial charge is 0.489 e. The highest BCUT2D eigenvalue weighted by Gasteiger charge is 2.30. The molecule has 1 aliphatic rings. The third kappa shape index (κ3) is 2.64. The number of hydrogen-bond donors (Lipinski definition) is 0. The average molecular weight is 358 g/mol. The van der Waals surface area contributed by atoms with Crippen molar-refractivity contribution in [3.05, 3.63) is 52.0 Å². The van der Waals surface area contributed by atoms with Crippen molar-refractivity contribution in [2.45, 2.75) is 11.8 Å². The SMILES string of the molecule is Cc1ccc2c(c1)N(S(=O)(=O)c1ccc(Cl)c(Cl)c1)CCO2. The molecule has 4 nitrogen and oxygen atoms in total. The van der Waals surface area contributed by atoms with Crippen molar-refractivity contribution in [3.8, 4) is 5.75 Å². The van der Waals surface area contributed by atoms with Crippen LogP contribution in [0, 0.1) is 6.92 Å². The van der Waals surface area contributed by atoms with E-state index in [1.165, 1.54) is 22.5 Å². The van der Waals surface area contributed by atoms with Crippen LogP contribution in [0.2, 0.25) is 10.0 Å². The zero-order valence-corrected chi connectivity index (χ0v) is 14.0. The Labute approximate surface area is 139 Å². The lowest BCUT2D eigenvalue weighted by Crippen LogP contribution is -2.38. The Morgan fingerprint density at radius 3 is 2.59 bits per heavy atom. The third-order valence-electron chi connectivity index (χ3n) is 3.41. The fourth-order valence-corrected chi connectivity index (χ4v) is 4.16. The van der Waals surface area contributed by atoms with Crippen molar-refractivity contribution < 1.29 is 13.2 Å². The molecule has 0 N–H and O–H groups in total. The molecule has 22 heavy (non-hydrogen) atoms. The van der Waals surface area contributed by atoms with Crippen LogP contribution < -0.4 is 9.04 Å². The summed E-state index contributed by atoms with van der Waals surface area (Å²) in [5.74, 6) is 0.556. The molecule has 2 aromatic carbocycles. The molecule has 0 saturated heterocycles. The summed E-state index contributed by atoms with van der Waals surface area (Å²) in [6.07, 6.45) is 0. The molecule has 0 amide bonds. The lowest BCUT2D eigenvalue weighted by molar-refractivity contribution is 0.315. The number of nitrogens with zero attached hydrogens (tertiary/aromatic N) is 1. The molecule has 1 heterocycles. The molecular formula is C15H13Cl2NO3S. The number of anilines is 1. The van der Waals surface area contributed by atoms with Crippen molar-refractivity contribution >= 4 is 38.9 Å². The van der Waals surface area contributed by atoms with Crippen molar-refractivity contribution in [2.24, 2.45) is 0 Å². The van der Waals surface area contributed by atoms with E-state index in [-0.39, 0.29) is 16.5 Å². The molecule has 0 fully saturated rings. The van der Waals surface area contributed by atoms with Crippen LogP contribution in [0.15, 0.2) is 41.3 Å². The minimum atomic E-state index is -3.72. The molecule has 0 radical (unpaired) electrons. The molecule has 3 rings (SSSR count). The van der Waals surface area contributed by atoms with Gasteiger partial charge in [-0.2, -0.15) is 0 Å². The second-order valence-corrected chi connectivity index (χ2v) is 7.65.